The zero-order chi connectivity index (χ0) is 21.0. The van der Waals surface area contributed by atoms with E-state index in [1.165, 1.54) is 23.1 Å². The molecule has 0 bridgehead atoms. The molecule has 1 saturated heterocycles. The summed E-state index contributed by atoms with van der Waals surface area (Å²) < 4.78 is 38.6. The van der Waals surface area contributed by atoms with Crippen molar-refractivity contribution in [1.29, 1.82) is 0 Å². The number of hydrogen-bond donors (Lipinski definition) is 0. The first-order valence-electron chi connectivity index (χ1n) is 9.24. The van der Waals surface area contributed by atoms with E-state index in [1.54, 1.807) is 11.0 Å². The third kappa shape index (κ3) is 5.25. The Morgan fingerprint density at radius 2 is 1.59 bits per heavy atom. The highest BCUT2D eigenvalue weighted by Gasteiger charge is 2.31. The fourth-order valence-corrected chi connectivity index (χ4v) is 3.19. The van der Waals surface area contributed by atoms with Crippen molar-refractivity contribution in [3.8, 4) is 0 Å². The highest BCUT2D eigenvalue weighted by atomic mass is 19.4. The highest BCUT2D eigenvalue weighted by Crippen LogP contribution is 2.29. The van der Waals surface area contributed by atoms with Crippen LogP contribution in [-0.4, -0.2) is 47.8 Å². The van der Waals surface area contributed by atoms with Crippen molar-refractivity contribution < 1.29 is 22.8 Å². The van der Waals surface area contributed by atoms with Gasteiger partial charge in [-0.1, -0.05) is 35.9 Å². The summed E-state index contributed by atoms with van der Waals surface area (Å²) in [5.41, 5.74) is 1.18. The Labute approximate surface area is 167 Å². The number of amides is 2. The largest absolute Gasteiger partial charge is 0.416 e. The van der Waals surface area contributed by atoms with Crippen LogP contribution >= 0.6 is 0 Å². The lowest BCUT2D eigenvalue weighted by Gasteiger charge is -2.34. The van der Waals surface area contributed by atoms with Crippen LogP contribution in [0.1, 0.15) is 27.0 Å². The van der Waals surface area contributed by atoms with E-state index >= 15 is 0 Å². The molecular weight excluding hydrogens is 381 g/mol. The van der Waals surface area contributed by atoms with Crippen LogP contribution in [0.25, 0.3) is 6.08 Å². The Morgan fingerprint density at radius 3 is 2.24 bits per heavy atom. The van der Waals surface area contributed by atoms with E-state index in [9.17, 15) is 22.8 Å². The van der Waals surface area contributed by atoms with Crippen molar-refractivity contribution in [2.75, 3.05) is 26.2 Å². The molecule has 0 spiro atoms. The van der Waals surface area contributed by atoms with Crippen LogP contribution in [0.15, 0.2) is 54.6 Å². The van der Waals surface area contributed by atoms with Gasteiger partial charge < -0.3 is 9.80 Å². The number of benzene rings is 2. The number of halogens is 3. The summed E-state index contributed by atoms with van der Waals surface area (Å²) in [4.78, 5) is 28.0. The SMILES string of the molecule is Cc1cccc(/C=C/C(=O)N2CCN(C(=O)c3cccc(C(F)(F)F)c3)CC2)c1. The summed E-state index contributed by atoms with van der Waals surface area (Å²) >= 11 is 0. The topological polar surface area (TPSA) is 40.6 Å². The molecule has 0 radical (unpaired) electrons. The second-order valence-corrected chi connectivity index (χ2v) is 6.94. The van der Waals surface area contributed by atoms with Crippen molar-refractivity contribution in [1.82, 2.24) is 9.80 Å². The molecule has 1 heterocycles. The summed E-state index contributed by atoms with van der Waals surface area (Å²) in [5, 5.41) is 0. The van der Waals surface area contributed by atoms with Gasteiger partial charge in [-0.3, -0.25) is 9.59 Å². The van der Waals surface area contributed by atoms with E-state index in [-0.39, 0.29) is 24.6 Å². The third-order valence-corrected chi connectivity index (χ3v) is 4.78. The minimum atomic E-state index is -4.50. The second kappa shape index (κ2) is 8.51. The molecule has 7 heteroatoms. The van der Waals surface area contributed by atoms with Crippen LogP contribution < -0.4 is 0 Å². The van der Waals surface area contributed by atoms with Gasteiger partial charge in [0.15, 0.2) is 0 Å². The van der Waals surface area contributed by atoms with Gasteiger partial charge in [0.25, 0.3) is 5.91 Å². The normalized spacial score (nSPS) is 15.0. The average Bonchev–Trinajstić information content (AvgIpc) is 2.71. The molecule has 3 rings (SSSR count). The lowest BCUT2D eigenvalue weighted by atomic mass is 10.1. The summed E-state index contributed by atoms with van der Waals surface area (Å²) in [7, 11) is 0. The van der Waals surface area contributed by atoms with Crippen LogP contribution in [0.2, 0.25) is 0 Å². The molecule has 0 aliphatic carbocycles. The van der Waals surface area contributed by atoms with E-state index < -0.39 is 17.6 Å². The molecule has 1 aliphatic heterocycles. The Balaban J connectivity index is 1.59. The molecule has 0 unspecified atom stereocenters. The molecule has 2 amide bonds. The number of rotatable bonds is 3. The standard InChI is InChI=1S/C22H21F3N2O2/c1-16-4-2-5-17(14-16)8-9-20(28)26-10-12-27(13-11-26)21(29)18-6-3-7-19(15-18)22(23,24)25/h2-9,14-15H,10-13H2,1H3/b9-8+. The van der Waals surface area contributed by atoms with Gasteiger partial charge in [-0.25, -0.2) is 0 Å². The Hall–Kier alpha value is -3.09. The van der Waals surface area contributed by atoms with Gasteiger partial charge in [0.2, 0.25) is 5.91 Å². The van der Waals surface area contributed by atoms with Gasteiger partial charge in [-0.05, 0) is 36.8 Å². The average molecular weight is 402 g/mol. The zero-order valence-electron chi connectivity index (χ0n) is 15.9. The number of alkyl halides is 3. The zero-order valence-corrected chi connectivity index (χ0v) is 15.9. The summed E-state index contributed by atoms with van der Waals surface area (Å²) in [6.07, 6.45) is -1.25. The van der Waals surface area contributed by atoms with Crippen molar-refractivity contribution in [3.05, 3.63) is 76.9 Å². The van der Waals surface area contributed by atoms with Crippen molar-refractivity contribution >= 4 is 17.9 Å². The molecule has 1 fully saturated rings. The summed E-state index contributed by atoms with van der Waals surface area (Å²) in [5.74, 6) is -0.615. The lowest BCUT2D eigenvalue weighted by molar-refractivity contribution is -0.137. The third-order valence-electron chi connectivity index (χ3n) is 4.78. The minimum absolute atomic E-state index is 0.000977. The highest BCUT2D eigenvalue weighted by molar-refractivity contribution is 5.95. The molecule has 0 aromatic heterocycles. The van der Waals surface area contributed by atoms with Crippen LogP contribution in [-0.2, 0) is 11.0 Å². The first kappa shape index (κ1) is 20.6. The Kier molecular flexibility index (Phi) is 6.06. The van der Waals surface area contributed by atoms with E-state index in [1.807, 2.05) is 31.2 Å². The van der Waals surface area contributed by atoms with Crippen molar-refractivity contribution in [2.24, 2.45) is 0 Å². The second-order valence-electron chi connectivity index (χ2n) is 6.94. The first-order chi connectivity index (χ1) is 13.7. The molecule has 0 atom stereocenters. The maximum Gasteiger partial charge on any atom is 0.416 e. The molecule has 1 aliphatic rings. The van der Waals surface area contributed by atoms with Gasteiger partial charge in [0.05, 0.1) is 5.56 Å². The fraction of sp³-hybridized carbons (Fsp3) is 0.273. The quantitative estimate of drug-likeness (QED) is 0.728. The number of nitrogens with zero attached hydrogens (tertiary/aromatic N) is 2. The fourth-order valence-electron chi connectivity index (χ4n) is 3.19. The van der Waals surface area contributed by atoms with Crippen LogP contribution in [0.3, 0.4) is 0 Å². The predicted molar refractivity (Wildman–Crippen MR) is 104 cm³/mol. The van der Waals surface area contributed by atoms with Crippen molar-refractivity contribution in [3.63, 3.8) is 0 Å². The van der Waals surface area contributed by atoms with Gasteiger partial charge in [0.1, 0.15) is 0 Å². The van der Waals surface area contributed by atoms with Gasteiger partial charge >= 0.3 is 6.18 Å². The predicted octanol–water partition coefficient (Wildman–Crippen LogP) is 4.01. The van der Waals surface area contributed by atoms with Crippen LogP contribution in [0.4, 0.5) is 13.2 Å². The number of carbonyl (C=O) groups excluding carboxylic acids is 2. The Bertz CT molecular complexity index is 930. The summed E-state index contributed by atoms with van der Waals surface area (Å²) in [6, 6.07) is 12.2. The molecule has 2 aromatic rings. The molecule has 0 N–H and O–H groups in total. The maximum absolute atomic E-state index is 12.9. The van der Waals surface area contributed by atoms with E-state index in [2.05, 4.69) is 0 Å². The monoisotopic (exact) mass is 402 g/mol. The maximum atomic E-state index is 12.9. The van der Waals surface area contributed by atoms with Crippen LogP contribution in [0, 0.1) is 6.92 Å². The van der Waals surface area contributed by atoms with Gasteiger partial charge in [-0.2, -0.15) is 13.2 Å². The molecule has 2 aromatic carbocycles. The smallest absolute Gasteiger partial charge is 0.336 e. The van der Waals surface area contributed by atoms with E-state index in [4.69, 9.17) is 0 Å². The Morgan fingerprint density at radius 1 is 0.931 bits per heavy atom. The number of carbonyl (C=O) groups is 2. The number of aryl methyl sites for hydroxylation is 1. The first-order valence-corrected chi connectivity index (χ1v) is 9.24. The lowest BCUT2D eigenvalue weighted by Crippen LogP contribution is -2.50. The molecular formula is C22H21F3N2O2. The van der Waals surface area contributed by atoms with Gasteiger partial charge in [0, 0.05) is 37.8 Å². The molecule has 4 nitrogen and oxygen atoms in total. The molecule has 29 heavy (non-hydrogen) atoms. The van der Waals surface area contributed by atoms with E-state index in [0.717, 1.165) is 23.3 Å². The van der Waals surface area contributed by atoms with E-state index in [0.29, 0.717) is 13.1 Å². The minimum Gasteiger partial charge on any atom is -0.336 e. The van der Waals surface area contributed by atoms with Crippen LogP contribution in [0.5, 0.6) is 0 Å². The number of piperazine rings is 1. The van der Waals surface area contributed by atoms with Crippen molar-refractivity contribution in [2.45, 2.75) is 13.1 Å². The van der Waals surface area contributed by atoms with Gasteiger partial charge in [-0.15, -0.1) is 0 Å². The number of hydrogen-bond acceptors (Lipinski definition) is 2. The summed E-state index contributed by atoms with van der Waals surface area (Å²) in [6.45, 7) is 3.20. The molecule has 0 saturated carbocycles. The molecule has 152 valence electrons.